The van der Waals surface area contributed by atoms with Gasteiger partial charge in [-0.05, 0) is 24.6 Å². The number of rotatable bonds is 8. The Morgan fingerprint density at radius 2 is 2.08 bits per heavy atom. The van der Waals surface area contributed by atoms with Crippen molar-refractivity contribution in [1.29, 1.82) is 0 Å². The number of anilines is 1. The molecule has 1 N–H and O–H groups in total. The number of hydrogen-bond acceptors (Lipinski definition) is 2. The monoisotopic (exact) mass is 354 g/mol. The molecule has 1 unspecified atom stereocenters. The molecule has 6 heteroatoms. The molecule has 0 bridgehead atoms. The van der Waals surface area contributed by atoms with E-state index in [2.05, 4.69) is 12.2 Å². The van der Waals surface area contributed by atoms with Crippen LogP contribution in [0.3, 0.4) is 0 Å². The van der Waals surface area contributed by atoms with Gasteiger partial charge in [0, 0.05) is 25.2 Å². The SMILES string of the molecule is CCCCCCCNC(=O)C1CC(=O)N(c2ccc(F)c(Cl)c2)C1. The number of unbranched alkanes of at least 4 members (excludes halogenated alkanes) is 4. The molecule has 1 fully saturated rings. The molecule has 0 spiro atoms. The molecule has 0 aromatic heterocycles. The standard InChI is InChI=1S/C18H24ClFN2O2/c1-2-3-4-5-6-9-21-18(24)13-10-17(23)22(12-13)14-7-8-16(20)15(19)11-14/h7-8,11,13H,2-6,9-10,12H2,1H3,(H,21,24). The molecular weight excluding hydrogens is 331 g/mol. The molecule has 2 rings (SSSR count). The smallest absolute Gasteiger partial charge is 0.227 e. The summed E-state index contributed by atoms with van der Waals surface area (Å²) in [5.41, 5.74) is 0.529. The maximum Gasteiger partial charge on any atom is 0.227 e. The van der Waals surface area contributed by atoms with Gasteiger partial charge < -0.3 is 10.2 Å². The van der Waals surface area contributed by atoms with Crippen LogP contribution in [0.2, 0.25) is 5.02 Å². The third-order valence-electron chi connectivity index (χ3n) is 4.29. The number of amides is 2. The normalized spacial score (nSPS) is 17.4. The van der Waals surface area contributed by atoms with Crippen molar-refractivity contribution in [3.05, 3.63) is 29.0 Å². The molecule has 132 valence electrons. The zero-order valence-corrected chi connectivity index (χ0v) is 14.7. The molecule has 0 radical (unpaired) electrons. The third-order valence-corrected chi connectivity index (χ3v) is 4.58. The van der Waals surface area contributed by atoms with E-state index in [-0.39, 0.29) is 29.2 Å². The average molecular weight is 355 g/mol. The van der Waals surface area contributed by atoms with E-state index < -0.39 is 5.82 Å². The Kier molecular flexibility index (Phi) is 7.03. The highest BCUT2D eigenvalue weighted by atomic mass is 35.5. The lowest BCUT2D eigenvalue weighted by atomic mass is 10.1. The predicted molar refractivity (Wildman–Crippen MR) is 93.6 cm³/mol. The van der Waals surface area contributed by atoms with Crippen molar-refractivity contribution in [2.45, 2.75) is 45.4 Å². The first-order valence-electron chi connectivity index (χ1n) is 8.56. The summed E-state index contributed by atoms with van der Waals surface area (Å²) in [7, 11) is 0. The second-order valence-corrected chi connectivity index (χ2v) is 6.62. The lowest BCUT2D eigenvalue weighted by Gasteiger charge is -2.17. The van der Waals surface area contributed by atoms with Gasteiger partial charge in [-0.25, -0.2) is 4.39 Å². The van der Waals surface area contributed by atoms with E-state index in [1.807, 2.05) is 0 Å². The Labute approximate surface area is 147 Å². The lowest BCUT2D eigenvalue weighted by Crippen LogP contribution is -2.33. The van der Waals surface area contributed by atoms with E-state index in [1.54, 1.807) is 0 Å². The van der Waals surface area contributed by atoms with Gasteiger partial charge in [0.2, 0.25) is 11.8 Å². The van der Waals surface area contributed by atoms with Crippen LogP contribution >= 0.6 is 11.6 Å². The first-order chi connectivity index (χ1) is 11.5. The Balaban J connectivity index is 1.82. The van der Waals surface area contributed by atoms with Gasteiger partial charge in [-0.1, -0.05) is 44.2 Å². The van der Waals surface area contributed by atoms with Gasteiger partial charge in [0.15, 0.2) is 0 Å². The van der Waals surface area contributed by atoms with E-state index in [9.17, 15) is 14.0 Å². The molecule has 1 aliphatic rings. The molecule has 1 heterocycles. The minimum atomic E-state index is -0.524. The van der Waals surface area contributed by atoms with Crippen molar-refractivity contribution >= 4 is 29.1 Å². The molecule has 1 aromatic rings. The summed E-state index contributed by atoms with van der Waals surface area (Å²) in [5, 5.41) is 2.88. The summed E-state index contributed by atoms with van der Waals surface area (Å²) >= 11 is 5.77. The second-order valence-electron chi connectivity index (χ2n) is 6.21. The molecule has 4 nitrogen and oxygen atoms in total. The number of halogens is 2. The van der Waals surface area contributed by atoms with Crippen molar-refractivity contribution in [2.24, 2.45) is 5.92 Å². The van der Waals surface area contributed by atoms with Gasteiger partial charge in [-0.2, -0.15) is 0 Å². The highest BCUT2D eigenvalue weighted by molar-refractivity contribution is 6.31. The van der Waals surface area contributed by atoms with Crippen LogP contribution in [0.4, 0.5) is 10.1 Å². The number of hydrogen-bond donors (Lipinski definition) is 1. The fraction of sp³-hybridized carbons (Fsp3) is 0.556. The maximum absolute atomic E-state index is 13.2. The Hall–Kier alpha value is -1.62. The molecule has 1 atom stereocenters. The quantitative estimate of drug-likeness (QED) is 0.719. The summed E-state index contributed by atoms with van der Waals surface area (Å²) in [6.07, 6.45) is 5.85. The van der Waals surface area contributed by atoms with Gasteiger partial charge >= 0.3 is 0 Å². The molecule has 0 aliphatic carbocycles. The number of nitrogens with zero attached hydrogens (tertiary/aromatic N) is 1. The topological polar surface area (TPSA) is 49.4 Å². The van der Waals surface area contributed by atoms with Crippen LogP contribution in [-0.4, -0.2) is 24.9 Å². The summed E-state index contributed by atoms with van der Waals surface area (Å²) in [6, 6.07) is 4.16. The van der Waals surface area contributed by atoms with E-state index in [0.717, 1.165) is 12.8 Å². The molecule has 1 saturated heterocycles. The molecule has 0 saturated carbocycles. The van der Waals surface area contributed by atoms with E-state index in [1.165, 1.54) is 42.4 Å². The van der Waals surface area contributed by atoms with Crippen LogP contribution in [0.25, 0.3) is 0 Å². The first kappa shape index (κ1) is 18.7. The van der Waals surface area contributed by atoms with Gasteiger partial charge in [-0.3, -0.25) is 9.59 Å². The maximum atomic E-state index is 13.2. The predicted octanol–water partition coefficient (Wildman–Crippen LogP) is 3.92. The Morgan fingerprint density at radius 3 is 2.79 bits per heavy atom. The molecule has 1 aromatic carbocycles. The van der Waals surface area contributed by atoms with Crippen molar-refractivity contribution in [3.8, 4) is 0 Å². The first-order valence-corrected chi connectivity index (χ1v) is 8.94. The van der Waals surface area contributed by atoms with Crippen molar-refractivity contribution in [2.75, 3.05) is 18.0 Å². The number of carbonyl (C=O) groups excluding carboxylic acids is 2. The summed E-state index contributed by atoms with van der Waals surface area (Å²) < 4.78 is 13.2. The number of carbonyl (C=O) groups is 2. The van der Waals surface area contributed by atoms with Crippen LogP contribution in [-0.2, 0) is 9.59 Å². The average Bonchev–Trinajstić information content (AvgIpc) is 2.95. The van der Waals surface area contributed by atoms with Crippen molar-refractivity contribution < 1.29 is 14.0 Å². The fourth-order valence-electron chi connectivity index (χ4n) is 2.87. The van der Waals surface area contributed by atoms with Gasteiger partial charge in [0.1, 0.15) is 5.82 Å². The summed E-state index contributed by atoms with van der Waals surface area (Å²) in [4.78, 5) is 25.8. The largest absolute Gasteiger partial charge is 0.356 e. The van der Waals surface area contributed by atoms with Crippen molar-refractivity contribution in [3.63, 3.8) is 0 Å². The number of nitrogens with one attached hydrogen (secondary N) is 1. The van der Waals surface area contributed by atoms with Crippen LogP contribution < -0.4 is 10.2 Å². The zero-order chi connectivity index (χ0) is 17.5. The molecule has 2 amide bonds. The zero-order valence-electron chi connectivity index (χ0n) is 14.0. The number of benzene rings is 1. The Morgan fingerprint density at radius 1 is 1.33 bits per heavy atom. The van der Waals surface area contributed by atoms with E-state index >= 15 is 0 Å². The molecule has 24 heavy (non-hydrogen) atoms. The van der Waals surface area contributed by atoms with Crippen molar-refractivity contribution in [1.82, 2.24) is 5.32 Å². The van der Waals surface area contributed by atoms with Gasteiger partial charge in [-0.15, -0.1) is 0 Å². The molecular formula is C18H24ClFN2O2. The molecule has 1 aliphatic heterocycles. The highest BCUT2D eigenvalue weighted by Gasteiger charge is 2.35. The highest BCUT2D eigenvalue weighted by Crippen LogP contribution is 2.28. The van der Waals surface area contributed by atoms with Crippen LogP contribution in [0.5, 0.6) is 0 Å². The van der Waals surface area contributed by atoms with Gasteiger partial charge in [0.05, 0.1) is 10.9 Å². The Bertz CT molecular complexity index is 594. The van der Waals surface area contributed by atoms with Crippen LogP contribution in [0.15, 0.2) is 18.2 Å². The second kappa shape index (κ2) is 9.02. The lowest BCUT2D eigenvalue weighted by molar-refractivity contribution is -0.126. The van der Waals surface area contributed by atoms with Gasteiger partial charge in [0.25, 0.3) is 0 Å². The minimum absolute atomic E-state index is 0.0275. The van der Waals surface area contributed by atoms with E-state index in [0.29, 0.717) is 18.8 Å². The van der Waals surface area contributed by atoms with Crippen LogP contribution in [0.1, 0.15) is 45.4 Å². The minimum Gasteiger partial charge on any atom is -0.356 e. The van der Waals surface area contributed by atoms with E-state index in [4.69, 9.17) is 11.6 Å². The van der Waals surface area contributed by atoms with Crippen LogP contribution in [0, 0.1) is 11.7 Å². The third kappa shape index (κ3) is 4.94. The fourth-order valence-corrected chi connectivity index (χ4v) is 3.04. The summed E-state index contributed by atoms with van der Waals surface area (Å²) in [5.74, 6) is -1.11. The summed E-state index contributed by atoms with van der Waals surface area (Å²) in [6.45, 7) is 3.12.